The number of aromatic nitrogens is 3. The number of nitrogens with one attached hydrogen (secondary N) is 1. The van der Waals surface area contributed by atoms with Crippen molar-refractivity contribution < 1.29 is 4.79 Å². The first-order chi connectivity index (χ1) is 10.6. The molecule has 0 bridgehead atoms. The number of nitrogens with two attached hydrogens (primary N) is 1. The van der Waals surface area contributed by atoms with Gasteiger partial charge in [-0.15, -0.1) is 35.0 Å². The lowest BCUT2D eigenvalue weighted by Crippen LogP contribution is -2.39. The molecule has 0 saturated heterocycles. The minimum Gasteiger partial charge on any atom is -0.346 e. The zero-order valence-corrected chi connectivity index (χ0v) is 15.9. The Labute approximate surface area is 156 Å². The Hall–Kier alpha value is -0.850. The summed E-state index contributed by atoms with van der Waals surface area (Å²) < 4.78 is 2.14. The van der Waals surface area contributed by atoms with E-state index in [0.717, 1.165) is 43.9 Å². The maximum atomic E-state index is 12.5. The number of carbonyl (C=O) groups is 1. The lowest BCUT2D eigenvalue weighted by atomic mass is 9.71. The molecule has 0 spiro atoms. The molecule has 1 aliphatic carbocycles. The van der Waals surface area contributed by atoms with E-state index in [9.17, 15) is 4.79 Å². The molecule has 1 atom stereocenters. The first kappa shape index (κ1) is 21.2. The van der Waals surface area contributed by atoms with E-state index in [-0.39, 0.29) is 42.2 Å². The minimum absolute atomic E-state index is 0. The van der Waals surface area contributed by atoms with Crippen LogP contribution in [-0.2, 0) is 17.8 Å². The summed E-state index contributed by atoms with van der Waals surface area (Å²) in [6.07, 6.45) is 8.45. The van der Waals surface area contributed by atoms with Crippen LogP contribution in [0.25, 0.3) is 0 Å². The molecule has 1 amide bonds. The Kier molecular flexibility index (Phi) is 7.96. The summed E-state index contributed by atoms with van der Waals surface area (Å²) in [5, 5.41) is 11.6. The van der Waals surface area contributed by atoms with Crippen molar-refractivity contribution in [2.24, 2.45) is 11.1 Å². The van der Waals surface area contributed by atoms with E-state index < -0.39 is 0 Å². The molecule has 24 heavy (non-hydrogen) atoms. The summed E-state index contributed by atoms with van der Waals surface area (Å²) in [4.78, 5) is 12.5. The number of carbonyl (C=O) groups excluding carboxylic acids is 1. The summed E-state index contributed by atoms with van der Waals surface area (Å²) in [7, 11) is 0. The standard InChI is InChI=1S/C16H27N5O.2ClH/c1-12(15-20-19-13-6-5-9-21(13)15)18-14(22)10-16(11-17)7-3-2-4-8-16;;/h12H,2-11,17H2,1H3,(H,18,22);2*1H. The van der Waals surface area contributed by atoms with Crippen LogP contribution in [-0.4, -0.2) is 27.2 Å². The molecule has 0 radical (unpaired) electrons. The third kappa shape index (κ3) is 4.41. The van der Waals surface area contributed by atoms with Crippen LogP contribution in [0.5, 0.6) is 0 Å². The second-order valence-corrected chi connectivity index (χ2v) is 6.96. The molecule has 2 aliphatic rings. The van der Waals surface area contributed by atoms with E-state index in [1.54, 1.807) is 0 Å². The molecule has 1 saturated carbocycles. The Morgan fingerprint density at radius 1 is 1.25 bits per heavy atom. The number of halogens is 2. The maximum absolute atomic E-state index is 12.5. The van der Waals surface area contributed by atoms with Gasteiger partial charge in [-0.05, 0) is 38.1 Å². The van der Waals surface area contributed by atoms with Gasteiger partial charge in [0, 0.05) is 19.4 Å². The number of hydrogen-bond acceptors (Lipinski definition) is 4. The first-order valence-electron chi connectivity index (χ1n) is 8.55. The molecule has 138 valence electrons. The Bertz CT molecular complexity index is 543. The SMILES string of the molecule is CC(NC(=O)CC1(CN)CCCCC1)c1nnc2n1CCC2.Cl.Cl. The van der Waals surface area contributed by atoms with Gasteiger partial charge in [-0.2, -0.15) is 0 Å². The molecular weight excluding hydrogens is 349 g/mol. The molecule has 2 heterocycles. The molecular formula is C16H29Cl2N5O. The third-order valence-corrected chi connectivity index (χ3v) is 5.29. The average Bonchev–Trinajstić information content (AvgIpc) is 3.10. The summed E-state index contributed by atoms with van der Waals surface area (Å²) >= 11 is 0. The molecule has 1 fully saturated rings. The third-order valence-electron chi connectivity index (χ3n) is 5.29. The first-order valence-corrected chi connectivity index (χ1v) is 8.55. The zero-order chi connectivity index (χ0) is 15.6. The van der Waals surface area contributed by atoms with Gasteiger partial charge in [-0.25, -0.2) is 0 Å². The summed E-state index contributed by atoms with van der Waals surface area (Å²) in [5.41, 5.74) is 5.99. The van der Waals surface area contributed by atoms with E-state index in [0.29, 0.717) is 13.0 Å². The van der Waals surface area contributed by atoms with Gasteiger partial charge in [0.1, 0.15) is 5.82 Å². The van der Waals surface area contributed by atoms with Gasteiger partial charge in [-0.3, -0.25) is 4.79 Å². The topological polar surface area (TPSA) is 85.8 Å². The van der Waals surface area contributed by atoms with Gasteiger partial charge >= 0.3 is 0 Å². The summed E-state index contributed by atoms with van der Waals surface area (Å²) in [6, 6.07) is -0.0923. The van der Waals surface area contributed by atoms with Crippen LogP contribution in [0.15, 0.2) is 0 Å². The second-order valence-electron chi connectivity index (χ2n) is 6.96. The van der Waals surface area contributed by atoms with Crippen molar-refractivity contribution in [2.45, 2.75) is 70.9 Å². The average molecular weight is 378 g/mol. The van der Waals surface area contributed by atoms with Crippen molar-refractivity contribution in [1.82, 2.24) is 20.1 Å². The van der Waals surface area contributed by atoms with Crippen LogP contribution in [0.3, 0.4) is 0 Å². The fraction of sp³-hybridized carbons (Fsp3) is 0.812. The van der Waals surface area contributed by atoms with Crippen LogP contribution in [0.4, 0.5) is 0 Å². The predicted molar refractivity (Wildman–Crippen MR) is 98.6 cm³/mol. The van der Waals surface area contributed by atoms with Gasteiger partial charge in [0.25, 0.3) is 0 Å². The van der Waals surface area contributed by atoms with Gasteiger partial charge in [0.15, 0.2) is 5.82 Å². The Morgan fingerprint density at radius 2 is 1.96 bits per heavy atom. The van der Waals surface area contributed by atoms with Crippen molar-refractivity contribution >= 4 is 30.7 Å². The number of fused-ring (bicyclic) bond motifs is 1. The van der Waals surface area contributed by atoms with Crippen molar-refractivity contribution in [3.63, 3.8) is 0 Å². The minimum atomic E-state index is -0.0923. The molecule has 3 N–H and O–H groups in total. The maximum Gasteiger partial charge on any atom is 0.221 e. The van der Waals surface area contributed by atoms with Gasteiger partial charge < -0.3 is 15.6 Å². The van der Waals surface area contributed by atoms with Crippen molar-refractivity contribution in [1.29, 1.82) is 0 Å². The highest BCUT2D eigenvalue weighted by Gasteiger charge is 2.33. The molecule has 1 aromatic rings. The predicted octanol–water partition coefficient (Wildman–Crippen LogP) is 2.54. The molecule has 8 heteroatoms. The molecule has 3 rings (SSSR count). The lowest BCUT2D eigenvalue weighted by Gasteiger charge is -2.35. The van der Waals surface area contributed by atoms with Crippen LogP contribution < -0.4 is 11.1 Å². The number of hydrogen-bond donors (Lipinski definition) is 2. The molecule has 0 aromatic carbocycles. The van der Waals surface area contributed by atoms with Crippen LogP contribution >= 0.6 is 24.8 Å². The number of amides is 1. The zero-order valence-electron chi connectivity index (χ0n) is 14.3. The van der Waals surface area contributed by atoms with Gasteiger partial charge in [0.2, 0.25) is 5.91 Å². The van der Waals surface area contributed by atoms with Crippen LogP contribution in [0, 0.1) is 5.41 Å². The number of nitrogens with zero attached hydrogens (tertiary/aromatic N) is 3. The second kappa shape index (κ2) is 9.02. The van der Waals surface area contributed by atoms with Crippen LogP contribution in [0.1, 0.15) is 69.6 Å². The van der Waals surface area contributed by atoms with Crippen molar-refractivity contribution in [3.8, 4) is 0 Å². The fourth-order valence-corrected chi connectivity index (χ4v) is 3.95. The summed E-state index contributed by atoms with van der Waals surface area (Å²) in [5.74, 6) is 2.02. The Morgan fingerprint density at radius 3 is 2.62 bits per heavy atom. The van der Waals surface area contributed by atoms with Gasteiger partial charge in [-0.1, -0.05) is 19.3 Å². The van der Waals surface area contributed by atoms with E-state index in [4.69, 9.17) is 5.73 Å². The molecule has 1 unspecified atom stereocenters. The largest absolute Gasteiger partial charge is 0.346 e. The highest BCUT2D eigenvalue weighted by Crippen LogP contribution is 2.38. The van der Waals surface area contributed by atoms with E-state index in [2.05, 4.69) is 20.1 Å². The quantitative estimate of drug-likeness (QED) is 0.825. The molecule has 1 aliphatic heterocycles. The van der Waals surface area contributed by atoms with Gasteiger partial charge in [0.05, 0.1) is 6.04 Å². The molecule has 6 nitrogen and oxygen atoms in total. The highest BCUT2D eigenvalue weighted by atomic mass is 35.5. The van der Waals surface area contributed by atoms with Crippen LogP contribution in [0.2, 0.25) is 0 Å². The van der Waals surface area contributed by atoms with Crippen molar-refractivity contribution in [3.05, 3.63) is 11.6 Å². The number of rotatable bonds is 5. The lowest BCUT2D eigenvalue weighted by molar-refractivity contribution is -0.124. The van der Waals surface area contributed by atoms with E-state index >= 15 is 0 Å². The van der Waals surface area contributed by atoms with Crippen molar-refractivity contribution in [2.75, 3.05) is 6.54 Å². The van der Waals surface area contributed by atoms with E-state index in [1.807, 2.05) is 6.92 Å². The number of aryl methyl sites for hydroxylation is 1. The monoisotopic (exact) mass is 377 g/mol. The molecule has 1 aromatic heterocycles. The highest BCUT2D eigenvalue weighted by molar-refractivity contribution is 5.85. The van der Waals surface area contributed by atoms with E-state index in [1.165, 1.54) is 19.3 Å². The Balaban J connectivity index is 0.00000144. The fourth-order valence-electron chi connectivity index (χ4n) is 3.95. The smallest absolute Gasteiger partial charge is 0.221 e. The summed E-state index contributed by atoms with van der Waals surface area (Å²) in [6.45, 7) is 3.56. The normalized spacial score (nSPS) is 19.6.